The Kier molecular flexibility index (Phi) is 6.63. The molecule has 1 heterocycles. The monoisotopic (exact) mass is 351 g/mol. The lowest BCUT2D eigenvalue weighted by Crippen LogP contribution is -2.58. The second-order valence-corrected chi connectivity index (χ2v) is 6.92. The van der Waals surface area contributed by atoms with E-state index in [0.29, 0.717) is 23.7 Å². The van der Waals surface area contributed by atoms with Crippen LogP contribution >= 0.6 is 11.6 Å². The number of halogens is 1. The van der Waals surface area contributed by atoms with Crippen LogP contribution in [0.4, 0.5) is 0 Å². The largest absolute Gasteiger partial charge is 0.340 e. The van der Waals surface area contributed by atoms with Gasteiger partial charge in [0.05, 0.1) is 0 Å². The van der Waals surface area contributed by atoms with Crippen LogP contribution in [0.3, 0.4) is 0 Å². The number of benzene rings is 1. The normalized spacial score (nSPS) is 20.3. The van der Waals surface area contributed by atoms with Gasteiger partial charge in [-0.25, -0.2) is 0 Å². The van der Waals surface area contributed by atoms with E-state index in [9.17, 15) is 9.59 Å². The summed E-state index contributed by atoms with van der Waals surface area (Å²) in [5.74, 6) is -0.174. The summed E-state index contributed by atoms with van der Waals surface area (Å²) >= 11 is 5.86. The van der Waals surface area contributed by atoms with Crippen molar-refractivity contribution in [3.05, 3.63) is 34.9 Å². The summed E-state index contributed by atoms with van der Waals surface area (Å²) in [6.07, 6.45) is 0.818. The Morgan fingerprint density at radius 1 is 1.38 bits per heavy atom. The van der Waals surface area contributed by atoms with Gasteiger partial charge in [-0.2, -0.15) is 0 Å². The Balaban J connectivity index is 2.11. The van der Waals surface area contributed by atoms with Gasteiger partial charge in [0.15, 0.2) is 0 Å². The summed E-state index contributed by atoms with van der Waals surface area (Å²) in [5, 5.41) is 6.83. The molecule has 1 aromatic rings. The van der Waals surface area contributed by atoms with Crippen LogP contribution in [-0.2, 0) is 4.79 Å². The van der Waals surface area contributed by atoms with Crippen molar-refractivity contribution >= 4 is 23.4 Å². The predicted octanol–water partition coefficient (Wildman–Crippen LogP) is 2.30. The molecule has 0 radical (unpaired) electrons. The van der Waals surface area contributed by atoms with Crippen molar-refractivity contribution < 1.29 is 9.59 Å². The quantitative estimate of drug-likeness (QED) is 0.855. The molecule has 3 unspecified atom stereocenters. The van der Waals surface area contributed by atoms with Gasteiger partial charge < -0.3 is 15.5 Å². The maximum absolute atomic E-state index is 12.9. The Hall–Kier alpha value is -1.59. The highest BCUT2D eigenvalue weighted by Crippen LogP contribution is 2.15. The lowest BCUT2D eigenvalue weighted by atomic mass is 9.96. The number of nitrogens with one attached hydrogen (secondary N) is 2. The van der Waals surface area contributed by atoms with Gasteiger partial charge in [-0.1, -0.05) is 31.9 Å². The highest BCUT2D eigenvalue weighted by molar-refractivity contribution is 6.30. The lowest BCUT2D eigenvalue weighted by molar-refractivity contribution is -0.135. The van der Waals surface area contributed by atoms with Crippen LogP contribution in [-0.4, -0.2) is 48.4 Å². The van der Waals surface area contributed by atoms with Crippen molar-refractivity contribution in [1.82, 2.24) is 15.5 Å². The van der Waals surface area contributed by atoms with Crippen molar-refractivity contribution in [3.63, 3.8) is 0 Å². The molecule has 24 heavy (non-hydrogen) atoms. The highest BCUT2D eigenvalue weighted by atomic mass is 35.5. The number of carbonyl (C=O) groups excluding carboxylic acids is 2. The van der Waals surface area contributed by atoms with Crippen molar-refractivity contribution in [2.75, 3.05) is 19.6 Å². The summed E-state index contributed by atoms with van der Waals surface area (Å²) in [5.41, 5.74) is 0.509. The minimum Gasteiger partial charge on any atom is -0.340 e. The molecule has 132 valence electrons. The van der Waals surface area contributed by atoms with E-state index >= 15 is 0 Å². The van der Waals surface area contributed by atoms with Crippen molar-refractivity contribution in [3.8, 4) is 0 Å². The number of piperazine rings is 1. The van der Waals surface area contributed by atoms with Crippen LogP contribution < -0.4 is 10.6 Å². The number of rotatable bonds is 5. The van der Waals surface area contributed by atoms with Crippen LogP contribution in [0.5, 0.6) is 0 Å². The van der Waals surface area contributed by atoms with E-state index in [4.69, 9.17) is 11.6 Å². The summed E-state index contributed by atoms with van der Waals surface area (Å²) in [7, 11) is 0. The van der Waals surface area contributed by atoms with Gasteiger partial charge in [0.1, 0.15) is 6.04 Å². The van der Waals surface area contributed by atoms with Crippen molar-refractivity contribution in [2.24, 2.45) is 5.92 Å². The molecule has 1 saturated heterocycles. The summed E-state index contributed by atoms with van der Waals surface area (Å²) in [4.78, 5) is 27.3. The topological polar surface area (TPSA) is 61.4 Å². The molecule has 2 N–H and O–H groups in total. The first kappa shape index (κ1) is 18.7. The molecule has 2 rings (SSSR count). The summed E-state index contributed by atoms with van der Waals surface area (Å²) in [6, 6.07) is 6.45. The fourth-order valence-electron chi connectivity index (χ4n) is 2.84. The molecule has 1 aliphatic rings. The van der Waals surface area contributed by atoms with E-state index < -0.39 is 6.04 Å². The van der Waals surface area contributed by atoms with Crippen LogP contribution in [0.2, 0.25) is 5.02 Å². The minimum absolute atomic E-state index is 0.0000125. The van der Waals surface area contributed by atoms with Crippen LogP contribution in [0.15, 0.2) is 24.3 Å². The number of hydrogen-bond acceptors (Lipinski definition) is 3. The molecular weight excluding hydrogens is 326 g/mol. The van der Waals surface area contributed by atoms with E-state index in [1.54, 1.807) is 24.3 Å². The van der Waals surface area contributed by atoms with Gasteiger partial charge in [-0.15, -0.1) is 0 Å². The molecule has 1 aliphatic heterocycles. The van der Waals surface area contributed by atoms with E-state index in [0.717, 1.165) is 13.0 Å². The number of nitrogens with zero attached hydrogens (tertiary/aromatic N) is 1. The maximum Gasteiger partial charge on any atom is 0.251 e. The van der Waals surface area contributed by atoms with Crippen molar-refractivity contribution in [1.29, 1.82) is 0 Å². The van der Waals surface area contributed by atoms with Gasteiger partial charge >= 0.3 is 0 Å². The first-order valence-corrected chi connectivity index (χ1v) is 8.88. The van der Waals surface area contributed by atoms with Crippen LogP contribution in [0.25, 0.3) is 0 Å². The van der Waals surface area contributed by atoms with Gasteiger partial charge in [0, 0.05) is 36.3 Å². The van der Waals surface area contributed by atoms with E-state index in [1.807, 2.05) is 18.7 Å². The minimum atomic E-state index is -0.511. The predicted molar refractivity (Wildman–Crippen MR) is 96.2 cm³/mol. The number of carbonyl (C=O) groups is 2. The molecule has 3 atom stereocenters. The average molecular weight is 352 g/mol. The fourth-order valence-corrected chi connectivity index (χ4v) is 2.96. The zero-order valence-corrected chi connectivity index (χ0v) is 15.3. The van der Waals surface area contributed by atoms with Crippen LogP contribution in [0.1, 0.15) is 37.6 Å². The van der Waals surface area contributed by atoms with Gasteiger partial charge in [-0.3, -0.25) is 9.59 Å². The SMILES string of the molecule is CCC(C)C(NC(=O)c1ccc(Cl)cc1)C(=O)N1CCNC(C)C1. The van der Waals surface area contributed by atoms with E-state index in [2.05, 4.69) is 17.6 Å². The Labute approximate surface area is 148 Å². The third kappa shape index (κ3) is 4.71. The molecule has 0 spiro atoms. The Morgan fingerprint density at radius 3 is 2.62 bits per heavy atom. The molecular formula is C18H26ClN3O2. The van der Waals surface area contributed by atoms with E-state index in [-0.39, 0.29) is 23.8 Å². The molecule has 0 bridgehead atoms. The number of hydrogen-bond donors (Lipinski definition) is 2. The Morgan fingerprint density at radius 2 is 2.04 bits per heavy atom. The second-order valence-electron chi connectivity index (χ2n) is 6.48. The molecule has 1 aromatic carbocycles. The second kappa shape index (κ2) is 8.49. The van der Waals surface area contributed by atoms with Gasteiger partial charge in [-0.05, 0) is 37.1 Å². The van der Waals surface area contributed by atoms with Gasteiger partial charge in [0.25, 0.3) is 5.91 Å². The third-order valence-electron chi connectivity index (χ3n) is 4.55. The molecule has 5 nitrogen and oxygen atoms in total. The fraction of sp³-hybridized carbons (Fsp3) is 0.556. The smallest absolute Gasteiger partial charge is 0.251 e. The van der Waals surface area contributed by atoms with Crippen molar-refractivity contribution in [2.45, 2.75) is 39.3 Å². The zero-order chi connectivity index (χ0) is 17.7. The zero-order valence-electron chi connectivity index (χ0n) is 14.5. The molecule has 2 amide bonds. The first-order chi connectivity index (χ1) is 11.4. The summed E-state index contributed by atoms with van der Waals surface area (Å²) < 4.78 is 0. The molecule has 0 aromatic heterocycles. The van der Waals surface area contributed by atoms with Crippen LogP contribution in [0, 0.1) is 5.92 Å². The average Bonchev–Trinajstić information content (AvgIpc) is 2.58. The highest BCUT2D eigenvalue weighted by Gasteiger charge is 2.31. The van der Waals surface area contributed by atoms with E-state index in [1.165, 1.54) is 0 Å². The molecule has 0 saturated carbocycles. The first-order valence-electron chi connectivity index (χ1n) is 8.51. The molecule has 6 heteroatoms. The third-order valence-corrected chi connectivity index (χ3v) is 4.80. The Bertz CT molecular complexity index is 576. The molecule has 0 aliphatic carbocycles. The standard InChI is InChI=1S/C18H26ClN3O2/c1-4-12(2)16(18(24)22-10-9-20-13(3)11-22)21-17(23)14-5-7-15(19)8-6-14/h5-8,12-13,16,20H,4,9-11H2,1-3H3,(H,21,23). The van der Waals surface area contributed by atoms with Gasteiger partial charge in [0.2, 0.25) is 5.91 Å². The summed E-state index contributed by atoms with van der Waals surface area (Å²) in [6.45, 7) is 8.21. The maximum atomic E-state index is 12.9. The number of amides is 2. The lowest BCUT2D eigenvalue weighted by Gasteiger charge is -2.36. The molecule has 1 fully saturated rings.